The number of rotatable bonds is 5. The summed E-state index contributed by atoms with van der Waals surface area (Å²) in [6.07, 6.45) is 6.10. The summed E-state index contributed by atoms with van der Waals surface area (Å²) in [7, 11) is -0.318. The van der Waals surface area contributed by atoms with Crippen molar-refractivity contribution in [3.63, 3.8) is 0 Å². The van der Waals surface area contributed by atoms with E-state index in [9.17, 15) is 0 Å². The van der Waals surface area contributed by atoms with Gasteiger partial charge in [-0.05, 0) is 24.7 Å². The van der Waals surface area contributed by atoms with Crippen molar-refractivity contribution in [1.82, 2.24) is 0 Å². The van der Waals surface area contributed by atoms with Gasteiger partial charge < -0.3 is 24.8 Å². The zero-order valence-electron chi connectivity index (χ0n) is 16.4. The van der Waals surface area contributed by atoms with Crippen molar-refractivity contribution >= 4 is 18.5 Å². The van der Waals surface area contributed by atoms with Crippen LogP contribution >= 0.6 is 7.92 Å². The van der Waals surface area contributed by atoms with Crippen LogP contribution in [0.15, 0.2) is 77.4 Å². The van der Waals surface area contributed by atoms with Crippen molar-refractivity contribution < 1.29 is 46.5 Å². The maximum absolute atomic E-state index is 3.74. The average Bonchev–Trinajstić information content (AvgIpc) is 2.80. The first-order valence-electron chi connectivity index (χ1n) is 8.69. The fourth-order valence-corrected chi connectivity index (χ4v) is 6.05. The van der Waals surface area contributed by atoms with Crippen LogP contribution in [0.25, 0.3) is 0 Å². The fraction of sp³-hybridized carbons (Fsp3) is 0.304. The third-order valence-electron chi connectivity index (χ3n) is 5.39. The molecule has 4 heteroatoms. The van der Waals surface area contributed by atoms with Crippen LogP contribution in [0, 0.1) is 11.5 Å². The second-order valence-electron chi connectivity index (χ2n) is 6.90. The molecule has 141 valence electrons. The molecule has 0 N–H and O–H groups in total. The van der Waals surface area contributed by atoms with Gasteiger partial charge in [-0.3, -0.25) is 6.08 Å². The molecule has 2 aromatic carbocycles. The van der Waals surface area contributed by atoms with Gasteiger partial charge in [0, 0.05) is 0 Å². The van der Waals surface area contributed by atoms with Crippen LogP contribution in [0.5, 0.6) is 0 Å². The molecular weight excluding hydrogens is 426 g/mol. The third-order valence-corrected chi connectivity index (χ3v) is 7.90. The number of halogens is 2. The van der Waals surface area contributed by atoms with Crippen LogP contribution in [-0.4, -0.2) is 6.16 Å². The van der Waals surface area contributed by atoms with E-state index >= 15 is 0 Å². The molecule has 27 heavy (non-hydrogen) atoms. The molecule has 0 amide bonds. The van der Waals surface area contributed by atoms with Crippen molar-refractivity contribution in [2.75, 3.05) is 6.16 Å². The van der Waals surface area contributed by atoms with Crippen LogP contribution in [0.3, 0.4) is 0 Å². The summed E-state index contributed by atoms with van der Waals surface area (Å²) >= 11 is 0. The largest absolute Gasteiger partial charge is 3.00 e. The molecule has 0 spiro atoms. The number of benzene rings is 2. The van der Waals surface area contributed by atoms with Gasteiger partial charge in [-0.15, -0.1) is 6.92 Å². The van der Waals surface area contributed by atoms with Gasteiger partial charge in [-0.1, -0.05) is 93.3 Å². The van der Waals surface area contributed by atoms with Crippen LogP contribution in [0.2, 0.25) is 0 Å². The zero-order chi connectivity index (χ0) is 17.2. The van der Waals surface area contributed by atoms with Crippen LogP contribution in [0.1, 0.15) is 34.1 Å². The van der Waals surface area contributed by atoms with E-state index in [1.54, 1.807) is 0 Å². The van der Waals surface area contributed by atoms with E-state index in [4.69, 9.17) is 0 Å². The quantitative estimate of drug-likeness (QED) is 0.330. The molecule has 1 aliphatic rings. The fourth-order valence-electron chi connectivity index (χ4n) is 3.50. The molecule has 0 aliphatic heterocycles. The van der Waals surface area contributed by atoms with E-state index in [1.807, 2.05) is 0 Å². The second kappa shape index (κ2) is 11.6. The molecule has 0 saturated carbocycles. The van der Waals surface area contributed by atoms with E-state index < -0.39 is 0 Å². The minimum absolute atomic E-state index is 0. The summed E-state index contributed by atoms with van der Waals surface area (Å²) in [6, 6.07) is 22.0. The number of hydrogen-bond acceptors (Lipinski definition) is 0. The minimum atomic E-state index is -0.318. The Hall–Kier alpha value is -0.356. The van der Waals surface area contributed by atoms with E-state index in [-0.39, 0.29) is 59.9 Å². The summed E-state index contributed by atoms with van der Waals surface area (Å²) in [6.45, 7) is 9.07. The molecule has 0 bridgehead atoms. The van der Waals surface area contributed by atoms with Crippen LogP contribution in [-0.2, 0) is 21.7 Å². The Labute approximate surface area is 193 Å². The second-order valence-corrected chi connectivity index (χ2v) is 9.24. The monoisotopic (exact) mass is 451 g/mol. The van der Waals surface area contributed by atoms with Gasteiger partial charge in [-0.2, -0.15) is 11.1 Å². The molecule has 3 rings (SSSR count). The van der Waals surface area contributed by atoms with Crippen molar-refractivity contribution in [1.29, 1.82) is 0 Å². The Morgan fingerprint density at radius 2 is 1.26 bits per heavy atom. The Morgan fingerprint density at radius 3 is 1.63 bits per heavy atom. The molecule has 1 radical (unpaired) electrons. The predicted molar refractivity (Wildman–Crippen MR) is 107 cm³/mol. The number of hydrogen-bond donors (Lipinski definition) is 0. The SMILES string of the molecule is CC1=[C-]C(C)(CCP(c2ccccc2)c2ccccc2)C(C)=C1C.[Cl-].[Cl-].[Ti+3]. The van der Waals surface area contributed by atoms with Gasteiger partial charge in [0.2, 0.25) is 0 Å². The van der Waals surface area contributed by atoms with Gasteiger partial charge in [0.1, 0.15) is 0 Å². The van der Waals surface area contributed by atoms with E-state index in [1.165, 1.54) is 33.5 Å². The molecule has 2 aromatic rings. The summed E-state index contributed by atoms with van der Waals surface area (Å²) < 4.78 is 0. The first-order valence-corrected chi connectivity index (χ1v) is 10.2. The molecule has 1 unspecified atom stereocenters. The topological polar surface area (TPSA) is 0 Å². The zero-order valence-corrected chi connectivity index (χ0v) is 20.4. The first kappa shape index (κ1) is 26.6. The Morgan fingerprint density at radius 1 is 0.815 bits per heavy atom. The smallest absolute Gasteiger partial charge is 1.00 e. The summed E-state index contributed by atoms with van der Waals surface area (Å²) in [5.41, 5.74) is 4.36. The first-order chi connectivity index (χ1) is 11.5. The molecule has 0 fully saturated rings. The Balaban J connectivity index is 0.00000225. The van der Waals surface area contributed by atoms with Gasteiger partial charge in [0.05, 0.1) is 0 Å². The normalized spacial score (nSPS) is 18.3. The minimum Gasteiger partial charge on any atom is -1.00 e. The van der Waals surface area contributed by atoms with Crippen LogP contribution < -0.4 is 35.4 Å². The van der Waals surface area contributed by atoms with Crippen molar-refractivity contribution in [3.8, 4) is 0 Å². The molecule has 1 aliphatic carbocycles. The molecule has 1 atom stereocenters. The summed E-state index contributed by atoms with van der Waals surface area (Å²) in [5.74, 6) is 0. The standard InChI is InChI=1S/C23H26P.2ClH.Ti/c1-18-17-23(4,20(3)19(18)2)15-16-24(21-11-7-5-8-12-21)22-13-9-6-10-14-22;;;/h5-14H,15-16H2,1-4H3;2*1H;/q-1;;;+3/p-2. The summed E-state index contributed by atoms with van der Waals surface area (Å²) in [4.78, 5) is 0. The average molecular weight is 452 g/mol. The van der Waals surface area contributed by atoms with Gasteiger partial charge >= 0.3 is 21.7 Å². The molecular formula is C23H26Cl2PTi. The molecule has 0 aromatic heterocycles. The Bertz CT molecular complexity index is 732. The summed E-state index contributed by atoms with van der Waals surface area (Å²) in [5, 5.41) is 2.94. The maximum atomic E-state index is 3.74. The molecule has 0 nitrogen and oxygen atoms in total. The predicted octanol–water partition coefficient (Wildman–Crippen LogP) is -0.379. The van der Waals surface area contributed by atoms with Gasteiger partial charge in [-0.25, -0.2) is 5.57 Å². The molecule has 0 saturated heterocycles. The van der Waals surface area contributed by atoms with E-state index in [2.05, 4.69) is 94.4 Å². The Kier molecular flexibility index (Phi) is 11.4. The maximum Gasteiger partial charge on any atom is 3.00 e. The molecule has 0 heterocycles. The van der Waals surface area contributed by atoms with Gasteiger partial charge in [0.15, 0.2) is 0 Å². The van der Waals surface area contributed by atoms with E-state index in [0.29, 0.717) is 0 Å². The van der Waals surface area contributed by atoms with Crippen molar-refractivity contribution in [2.24, 2.45) is 5.41 Å². The number of allylic oxidation sites excluding steroid dienone is 4. The van der Waals surface area contributed by atoms with Crippen molar-refractivity contribution in [2.45, 2.75) is 34.1 Å². The van der Waals surface area contributed by atoms with Gasteiger partial charge in [0.25, 0.3) is 0 Å². The van der Waals surface area contributed by atoms with Crippen LogP contribution in [0.4, 0.5) is 0 Å². The van der Waals surface area contributed by atoms with E-state index in [0.717, 1.165) is 6.42 Å². The van der Waals surface area contributed by atoms with Crippen molar-refractivity contribution in [3.05, 3.63) is 83.5 Å². The third kappa shape index (κ3) is 6.06.